The molecular weight excluding hydrogens is 246 g/mol. The van der Waals surface area contributed by atoms with E-state index in [4.69, 9.17) is 5.11 Å². The minimum Gasteiger partial charge on any atom is -0.480 e. The Balaban J connectivity index is 2.20. The molecule has 0 aliphatic carbocycles. The molecule has 3 atom stereocenters. The zero-order valence-electron chi connectivity index (χ0n) is 8.80. The topological polar surface area (TPSA) is 66.4 Å². The molecule has 0 radical (unpaired) electrons. The van der Waals surface area contributed by atoms with Crippen molar-refractivity contribution in [3.63, 3.8) is 0 Å². The van der Waals surface area contributed by atoms with Gasteiger partial charge >= 0.3 is 5.97 Å². The highest BCUT2D eigenvalue weighted by Crippen LogP contribution is 2.27. The summed E-state index contributed by atoms with van der Waals surface area (Å²) in [5, 5.41) is 14.0. The molecule has 1 fully saturated rings. The number of rotatable bonds is 2. The first-order valence-corrected chi connectivity index (χ1v) is 7.32. The van der Waals surface area contributed by atoms with Crippen molar-refractivity contribution in [1.29, 1.82) is 0 Å². The van der Waals surface area contributed by atoms with Crippen LogP contribution in [0, 0.1) is 6.92 Å². The first-order valence-electron chi connectivity index (χ1n) is 4.95. The van der Waals surface area contributed by atoms with E-state index in [-0.39, 0.29) is 11.8 Å². The molecular formula is C10H13NO3S2. The smallest absolute Gasteiger partial charge is 0.321 e. The van der Waals surface area contributed by atoms with Crippen LogP contribution >= 0.6 is 11.3 Å². The van der Waals surface area contributed by atoms with Gasteiger partial charge in [-0.3, -0.25) is 14.3 Å². The summed E-state index contributed by atoms with van der Waals surface area (Å²) in [4.78, 5) is 12.0. The zero-order chi connectivity index (χ0) is 11.7. The highest BCUT2D eigenvalue weighted by atomic mass is 32.2. The fraction of sp³-hybridized carbons (Fsp3) is 0.500. The summed E-state index contributed by atoms with van der Waals surface area (Å²) >= 11 is 1.58. The number of hydrogen-bond donors (Lipinski definition) is 2. The van der Waals surface area contributed by atoms with E-state index in [0.717, 1.165) is 10.4 Å². The van der Waals surface area contributed by atoms with E-state index in [1.807, 2.05) is 18.4 Å². The molecule has 1 aromatic heterocycles. The van der Waals surface area contributed by atoms with Crippen molar-refractivity contribution in [2.75, 3.05) is 11.5 Å². The average Bonchev–Trinajstić information content (AvgIpc) is 2.63. The first-order chi connectivity index (χ1) is 7.58. The second-order valence-electron chi connectivity index (χ2n) is 3.85. The molecule has 0 bridgehead atoms. The second-order valence-corrected chi connectivity index (χ2v) is 6.35. The van der Waals surface area contributed by atoms with E-state index in [9.17, 15) is 9.00 Å². The standard InChI is InChI=1S/C10H13NO3S2/c1-6-2-3-15-9(6)7-4-16(14)5-8(11-7)10(12)13/h2-3,7-8,11H,4-5H2,1H3,(H,12,13). The van der Waals surface area contributed by atoms with Crippen molar-refractivity contribution in [2.24, 2.45) is 0 Å². The van der Waals surface area contributed by atoms with Gasteiger partial charge in [-0.1, -0.05) is 0 Å². The van der Waals surface area contributed by atoms with E-state index < -0.39 is 22.8 Å². The fourth-order valence-corrected chi connectivity index (χ4v) is 4.29. The lowest BCUT2D eigenvalue weighted by Crippen LogP contribution is -2.49. The second kappa shape index (κ2) is 4.65. The number of carboxylic acid groups (broad SMARTS) is 1. The quantitative estimate of drug-likeness (QED) is 0.828. The van der Waals surface area contributed by atoms with Gasteiger partial charge in [-0.2, -0.15) is 0 Å². The van der Waals surface area contributed by atoms with Crippen LogP contribution in [0.3, 0.4) is 0 Å². The summed E-state index contributed by atoms with van der Waals surface area (Å²) in [5.41, 5.74) is 1.13. The van der Waals surface area contributed by atoms with Crippen LogP contribution in [0.25, 0.3) is 0 Å². The molecule has 1 aromatic rings. The molecule has 1 aliphatic rings. The lowest BCUT2D eigenvalue weighted by molar-refractivity contribution is -0.139. The summed E-state index contributed by atoms with van der Waals surface area (Å²) in [6.45, 7) is 1.99. The molecule has 1 saturated heterocycles. The number of thiophene rings is 1. The predicted molar refractivity (Wildman–Crippen MR) is 64.2 cm³/mol. The van der Waals surface area contributed by atoms with Crippen molar-refractivity contribution >= 4 is 28.1 Å². The normalized spacial score (nSPS) is 30.2. The van der Waals surface area contributed by atoms with E-state index in [0.29, 0.717) is 5.75 Å². The maximum absolute atomic E-state index is 11.6. The van der Waals surface area contributed by atoms with Crippen LogP contribution in [-0.2, 0) is 15.6 Å². The number of aryl methyl sites for hydroxylation is 1. The van der Waals surface area contributed by atoms with E-state index >= 15 is 0 Å². The number of carboxylic acids is 1. The van der Waals surface area contributed by atoms with Crippen LogP contribution in [0.15, 0.2) is 11.4 Å². The minimum absolute atomic E-state index is 0.0873. The molecule has 2 rings (SSSR count). The summed E-state index contributed by atoms with van der Waals surface area (Å²) in [6, 6.07) is 1.21. The van der Waals surface area contributed by atoms with Gasteiger partial charge in [0.05, 0.1) is 6.04 Å². The number of carbonyl (C=O) groups is 1. The van der Waals surface area contributed by atoms with Crippen molar-refractivity contribution in [1.82, 2.24) is 5.32 Å². The van der Waals surface area contributed by atoms with Crippen LogP contribution in [0.5, 0.6) is 0 Å². The Bertz CT molecular complexity index is 429. The molecule has 0 saturated carbocycles. The molecule has 16 heavy (non-hydrogen) atoms. The van der Waals surface area contributed by atoms with Gasteiger partial charge in [0.25, 0.3) is 0 Å². The Kier molecular flexibility index (Phi) is 3.41. The van der Waals surface area contributed by atoms with Gasteiger partial charge in [-0.25, -0.2) is 0 Å². The summed E-state index contributed by atoms with van der Waals surface area (Å²) in [6.07, 6.45) is 0. The lowest BCUT2D eigenvalue weighted by Gasteiger charge is -2.27. The lowest BCUT2D eigenvalue weighted by atomic mass is 10.1. The van der Waals surface area contributed by atoms with E-state index in [2.05, 4.69) is 5.32 Å². The third-order valence-electron chi connectivity index (χ3n) is 2.62. The van der Waals surface area contributed by atoms with Crippen LogP contribution < -0.4 is 5.32 Å². The zero-order valence-corrected chi connectivity index (χ0v) is 10.4. The van der Waals surface area contributed by atoms with Crippen molar-refractivity contribution in [3.05, 3.63) is 21.9 Å². The SMILES string of the molecule is Cc1ccsc1C1CS(=O)CC(C(=O)O)N1. The van der Waals surface area contributed by atoms with Crippen molar-refractivity contribution < 1.29 is 14.1 Å². The molecule has 0 amide bonds. The highest BCUT2D eigenvalue weighted by Gasteiger charge is 2.32. The number of aliphatic carboxylic acids is 1. The van der Waals surface area contributed by atoms with Crippen LogP contribution in [0.2, 0.25) is 0 Å². The molecule has 0 aromatic carbocycles. The van der Waals surface area contributed by atoms with Crippen LogP contribution in [0.1, 0.15) is 16.5 Å². The highest BCUT2D eigenvalue weighted by molar-refractivity contribution is 7.85. The minimum atomic E-state index is -1.05. The van der Waals surface area contributed by atoms with Gasteiger partial charge in [0, 0.05) is 27.2 Å². The fourth-order valence-electron chi connectivity index (χ4n) is 1.81. The van der Waals surface area contributed by atoms with Gasteiger partial charge in [0.2, 0.25) is 0 Å². The molecule has 4 nitrogen and oxygen atoms in total. The third kappa shape index (κ3) is 2.34. The predicted octanol–water partition coefficient (Wildman–Crippen LogP) is 0.903. The van der Waals surface area contributed by atoms with Gasteiger partial charge in [0.1, 0.15) is 6.04 Å². The molecule has 88 valence electrons. The van der Waals surface area contributed by atoms with Crippen molar-refractivity contribution in [3.8, 4) is 0 Å². The molecule has 0 spiro atoms. The first kappa shape index (κ1) is 11.8. The van der Waals surface area contributed by atoms with Gasteiger partial charge in [-0.05, 0) is 23.9 Å². The number of hydrogen-bond acceptors (Lipinski definition) is 4. The Labute approximate surface area is 100 Å². The molecule has 3 unspecified atom stereocenters. The van der Waals surface area contributed by atoms with Gasteiger partial charge < -0.3 is 5.11 Å². The van der Waals surface area contributed by atoms with Gasteiger partial charge in [-0.15, -0.1) is 11.3 Å². The Morgan fingerprint density at radius 1 is 1.62 bits per heavy atom. The van der Waals surface area contributed by atoms with Gasteiger partial charge in [0.15, 0.2) is 0 Å². The van der Waals surface area contributed by atoms with E-state index in [1.165, 1.54) is 0 Å². The molecule has 6 heteroatoms. The third-order valence-corrected chi connectivity index (χ3v) is 5.17. The van der Waals surface area contributed by atoms with Crippen LogP contribution in [-0.4, -0.2) is 32.8 Å². The van der Waals surface area contributed by atoms with Crippen LogP contribution in [0.4, 0.5) is 0 Å². The maximum Gasteiger partial charge on any atom is 0.321 e. The Morgan fingerprint density at radius 3 is 2.94 bits per heavy atom. The average molecular weight is 259 g/mol. The molecule has 2 heterocycles. The number of nitrogens with one attached hydrogen (secondary N) is 1. The molecule has 1 aliphatic heterocycles. The van der Waals surface area contributed by atoms with E-state index in [1.54, 1.807) is 11.3 Å². The monoisotopic (exact) mass is 259 g/mol. The van der Waals surface area contributed by atoms with Crippen molar-refractivity contribution in [2.45, 2.75) is 19.0 Å². The summed E-state index contributed by atoms with van der Waals surface area (Å²) < 4.78 is 11.6. The summed E-state index contributed by atoms with van der Waals surface area (Å²) in [5.74, 6) is -0.214. The largest absolute Gasteiger partial charge is 0.480 e. The Hall–Kier alpha value is -0.720. The summed E-state index contributed by atoms with van der Waals surface area (Å²) in [7, 11) is -1.05. The maximum atomic E-state index is 11.6. The Morgan fingerprint density at radius 2 is 2.38 bits per heavy atom. The molecule has 2 N–H and O–H groups in total.